The summed E-state index contributed by atoms with van der Waals surface area (Å²) in [6, 6.07) is 23.1. The van der Waals surface area contributed by atoms with Crippen molar-refractivity contribution in [3.63, 3.8) is 0 Å². The second kappa shape index (κ2) is 6.75. The topological polar surface area (TPSA) is 42.9 Å². The average Bonchev–Trinajstić information content (AvgIpc) is 3.24. The molecule has 5 heteroatoms. The molecule has 2 aromatic carbocycles. The minimum absolute atomic E-state index is 0.779. The van der Waals surface area contributed by atoms with Crippen LogP contribution in [0.5, 0.6) is 0 Å². The molecule has 0 amide bonds. The Kier molecular flexibility index (Phi) is 4.31. The highest BCUT2D eigenvalue weighted by atomic mass is 32.1. The van der Waals surface area contributed by atoms with Crippen LogP contribution < -0.4 is 15.9 Å². The fourth-order valence-electron chi connectivity index (χ4n) is 2.83. The minimum atomic E-state index is -2.96. The molecule has 0 saturated carbocycles. The monoisotopic (exact) mass is 362 g/mol. The number of pyridine rings is 1. The molecule has 0 aliphatic rings. The second-order valence-electron chi connectivity index (χ2n) is 5.59. The van der Waals surface area contributed by atoms with Gasteiger partial charge in [0.05, 0.1) is 11.9 Å². The molecule has 25 heavy (non-hydrogen) atoms. The predicted molar refractivity (Wildman–Crippen MR) is 105 cm³/mol. The fraction of sp³-hybridized carbons (Fsp3) is 0. The third-order valence-electron chi connectivity index (χ3n) is 4.07. The molecular weight excluding hydrogens is 347 g/mol. The average molecular weight is 362 g/mol. The highest BCUT2D eigenvalue weighted by Crippen LogP contribution is 2.42. The predicted octanol–water partition coefficient (Wildman–Crippen LogP) is 3.84. The summed E-state index contributed by atoms with van der Waals surface area (Å²) >= 11 is 1.38. The van der Waals surface area contributed by atoms with Gasteiger partial charge in [-0.05, 0) is 23.7 Å². The smallest absolute Gasteiger partial charge is 0.171 e. The zero-order valence-corrected chi connectivity index (χ0v) is 15.0. The van der Waals surface area contributed by atoms with Gasteiger partial charge in [-0.15, -0.1) is 0 Å². The van der Waals surface area contributed by atoms with Gasteiger partial charge < -0.3 is 4.57 Å². The Morgan fingerprint density at radius 1 is 0.800 bits per heavy atom. The highest BCUT2D eigenvalue weighted by molar-refractivity contribution is 7.85. The van der Waals surface area contributed by atoms with E-state index in [-0.39, 0.29) is 0 Å². The van der Waals surface area contributed by atoms with Crippen LogP contribution in [0.1, 0.15) is 0 Å². The molecule has 0 bridgehead atoms. The van der Waals surface area contributed by atoms with E-state index in [1.807, 2.05) is 78.2 Å². The minimum Gasteiger partial charge on any atom is -0.309 e. The molecule has 2 aromatic heterocycles. The molecule has 0 radical (unpaired) electrons. The van der Waals surface area contributed by atoms with Crippen LogP contribution in [0.2, 0.25) is 0 Å². The molecule has 3 nitrogen and oxygen atoms in total. The van der Waals surface area contributed by atoms with E-state index in [0.717, 1.165) is 27.2 Å². The van der Waals surface area contributed by atoms with Crippen LogP contribution in [-0.4, -0.2) is 9.36 Å². The maximum absolute atomic E-state index is 14.3. The Balaban J connectivity index is 1.94. The molecule has 4 aromatic rings. The third kappa shape index (κ3) is 2.95. The SMILES string of the molecule is O=P(c1ccccc1)(c1ccccc1)c1ccnc(-c2cnsc2)c1. The lowest BCUT2D eigenvalue weighted by Crippen LogP contribution is -2.25. The van der Waals surface area contributed by atoms with Crippen molar-refractivity contribution in [1.29, 1.82) is 0 Å². The largest absolute Gasteiger partial charge is 0.309 e. The number of nitrogens with zero attached hydrogens (tertiary/aromatic N) is 2. The lowest BCUT2D eigenvalue weighted by atomic mass is 10.2. The van der Waals surface area contributed by atoms with Gasteiger partial charge in [0, 0.05) is 33.1 Å². The van der Waals surface area contributed by atoms with Gasteiger partial charge >= 0.3 is 0 Å². The maximum Gasteiger partial charge on any atom is 0.171 e. The van der Waals surface area contributed by atoms with E-state index < -0.39 is 7.14 Å². The summed E-state index contributed by atoms with van der Waals surface area (Å²) in [5.41, 5.74) is 1.73. The van der Waals surface area contributed by atoms with Crippen molar-refractivity contribution >= 4 is 34.6 Å². The first-order valence-electron chi connectivity index (χ1n) is 7.86. The van der Waals surface area contributed by atoms with Crippen LogP contribution in [0.3, 0.4) is 0 Å². The Bertz CT molecular complexity index is 975. The van der Waals surface area contributed by atoms with Gasteiger partial charge in [-0.1, -0.05) is 60.7 Å². The van der Waals surface area contributed by atoms with Crippen molar-refractivity contribution in [3.05, 3.63) is 90.6 Å². The summed E-state index contributed by atoms with van der Waals surface area (Å²) in [6.07, 6.45) is 3.51. The van der Waals surface area contributed by atoms with Gasteiger partial charge in [-0.3, -0.25) is 4.98 Å². The van der Waals surface area contributed by atoms with Crippen LogP contribution in [0.25, 0.3) is 11.3 Å². The van der Waals surface area contributed by atoms with Crippen molar-refractivity contribution in [2.75, 3.05) is 0 Å². The molecule has 0 aliphatic heterocycles. The lowest BCUT2D eigenvalue weighted by Gasteiger charge is -2.20. The van der Waals surface area contributed by atoms with Crippen LogP contribution in [-0.2, 0) is 4.57 Å². The van der Waals surface area contributed by atoms with E-state index in [1.165, 1.54) is 11.5 Å². The lowest BCUT2D eigenvalue weighted by molar-refractivity contribution is 0.592. The Morgan fingerprint density at radius 3 is 2.00 bits per heavy atom. The zero-order chi connectivity index (χ0) is 17.1. The number of hydrogen-bond donors (Lipinski definition) is 0. The van der Waals surface area contributed by atoms with Crippen molar-refractivity contribution < 1.29 is 4.57 Å². The normalized spacial score (nSPS) is 11.4. The van der Waals surface area contributed by atoms with E-state index in [0.29, 0.717) is 0 Å². The van der Waals surface area contributed by atoms with E-state index in [4.69, 9.17) is 0 Å². The van der Waals surface area contributed by atoms with E-state index >= 15 is 0 Å². The Labute approximate surface area is 150 Å². The maximum atomic E-state index is 14.3. The third-order valence-corrected chi connectivity index (χ3v) is 7.72. The molecule has 0 atom stereocenters. The van der Waals surface area contributed by atoms with Gasteiger partial charge in [0.1, 0.15) is 0 Å². The molecule has 0 spiro atoms. The molecule has 4 rings (SSSR count). The van der Waals surface area contributed by atoms with Gasteiger partial charge in [0.25, 0.3) is 0 Å². The first-order valence-corrected chi connectivity index (χ1v) is 10.4. The van der Waals surface area contributed by atoms with Gasteiger partial charge in [0.2, 0.25) is 0 Å². The molecule has 0 unspecified atom stereocenters. The second-order valence-corrected chi connectivity index (χ2v) is 9.02. The zero-order valence-electron chi connectivity index (χ0n) is 13.3. The van der Waals surface area contributed by atoms with Crippen LogP contribution in [0.4, 0.5) is 0 Å². The molecule has 0 aliphatic carbocycles. The standard InChI is InChI=1S/C20H15N2OPS/c23-24(17-7-3-1-4-8-17,18-9-5-2-6-10-18)19-11-12-21-20(13-19)16-14-22-25-15-16/h1-15H. The first-order chi connectivity index (χ1) is 12.3. The van der Waals surface area contributed by atoms with Crippen molar-refractivity contribution in [1.82, 2.24) is 9.36 Å². The molecule has 0 saturated heterocycles. The van der Waals surface area contributed by atoms with Crippen LogP contribution >= 0.6 is 18.7 Å². The van der Waals surface area contributed by atoms with E-state index in [2.05, 4.69) is 9.36 Å². The van der Waals surface area contributed by atoms with Gasteiger partial charge in [-0.25, -0.2) is 4.37 Å². The Morgan fingerprint density at radius 2 is 1.44 bits per heavy atom. The first kappa shape index (κ1) is 15.9. The molecule has 0 fully saturated rings. The van der Waals surface area contributed by atoms with Crippen LogP contribution in [0, 0.1) is 0 Å². The summed E-state index contributed by atoms with van der Waals surface area (Å²) < 4.78 is 18.4. The number of hydrogen-bond acceptors (Lipinski definition) is 4. The molecular formula is C20H15N2OPS. The number of benzene rings is 2. The van der Waals surface area contributed by atoms with Gasteiger partial charge in [0.15, 0.2) is 7.14 Å². The van der Waals surface area contributed by atoms with E-state index in [9.17, 15) is 4.57 Å². The molecule has 122 valence electrons. The Hall–Kier alpha value is -2.55. The highest BCUT2D eigenvalue weighted by Gasteiger charge is 2.29. The van der Waals surface area contributed by atoms with Crippen LogP contribution in [0.15, 0.2) is 90.6 Å². The van der Waals surface area contributed by atoms with Crippen molar-refractivity contribution in [3.8, 4) is 11.3 Å². The summed E-state index contributed by atoms with van der Waals surface area (Å²) in [7, 11) is -2.96. The molecule has 0 N–H and O–H groups in total. The van der Waals surface area contributed by atoms with Crippen molar-refractivity contribution in [2.24, 2.45) is 0 Å². The molecule has 2 heterocycles. The quantitative estimate of drug-likeness (QED) is 0.518. The summed E-state index contributed by atoms with van der Waals surface area (Å²) in [5.74, 6) is 0. The van der Waals surface area contributed by atoms with E-state index in [1.54, 1.807) is 12.4 Å². The fourth-order valence-corrected chi connectivity index (χ4v) is 6.02. The number of aromatic nitrogens is 2. The number of rotatable bonds is 4. The van der Waals surface area contributed by atoms with Gasteiger partial charge in [-0.2, -0.15) is 0 Å². The summed E-state index contributed by atoms with van der Waals surface area (Å²) in [5, 5.41) is 4.37. The summed E-state index contributed by atoms with van der Waals surface area (Å²) in [6.45, 7) is 0. The van der Waals surface area contributed by atoms with Crippen molar-refractivity contribution in [2.45, 2.75) is 0 Å². The summed E-state index contributed by atoms with van der Waals surface area (Å²) in [4.78, 5) is 4.43.